The van der Waals surface area contributed by atoms with Crippen LogP contribution in [0, 0.1) is 11.8 Å². The van der Waals surface area contributed by atoms with Crippen LogP contribution < -0.4 is 0 Å². The Balaban J connectivity index is 1.20. The zero-order valence-electron chi connectivity index (χ0n) is 17.0. The van der Waals surface area contributed by atoms with Crippen molar-refractivity contribution < 1.29 is 0 Å². The molecule has 6 heteroatoms. The topological polar surface area (TPSA) is 37.2 Å². The molecule has 1 aliphatic carbocycles. The van der Waals surface area contributed by atoms with Crippen molar-refractivity contribution in [3.8, 4) is 5.69 Å². The molecular formula is C23H29N5S. The lowest BCUT2D eigenvalue weighted by Crippen LogP contribution is -2.38. The number of hydrogen-bond donors (Lipinski definition) is 0. The van der Waals surface area contributed by atoms with E-state index in [0.29, 0.717) is 6.04 Å². The van der Waals surface area contributed by atoms with E-state index < -0.39 is 0 Å². The lowest BCUT2D eigenvalue weighted by atomic mass is 9.88. The molecule has 1 aliphatic heterocycles. The quantitative estimate of drug-likeness (QED) is 0.617. The third-order valence-electron chi connectivity index (χ3n) is 6.77. The average molecular weight is 408 g/mol. The third-order valence-corrected chi connectivity index (χ3v) is 7.41. The van der Waals surface area contributed by atoms with Crippen molar-refractivity contribution in [1.29, 1.82) is 0 Å². The number of benzene rings is 1. The van der Waals surface area contributed by atoms with Crippen LogP contribution in [0.3, 0.4) is 0 Å². The molecule has 2 aromatic heterocycles. The summed E-state index contributed by atoms with van der Waals surface area (Å²) in [4.78, 5) is 5.19. The second kappa shape index (κ2) is 8.38. The summed E-state index contributed by atoms with van der Waals surface area (Å²) in [7, 11) is 2.29. The zero-order valence-corrected chi connectivity index (χ0v) is 17.8. The molecule has 0 amide bonds. The first kappa shape index (κ1) is 19.0. The smallest absolute Gasteiger partial charge is 0.0649 e. The standard InChI is InChI=1S/C23H29N5S/c1-26(14-18-13-25-29-17-18)23-11-19-8-10-27(15-20(19)12-23)16-22-7-9-24-28(22)21-5-3-2-4-6-21/h2-7,9,13,17,19-20,23H,8,10-12,14-16H2,1H3/t19-,20-,23+/m1/s1. The van der Waals surface area contributed by atoms with Gasteiger partial charge in [0.2, 0.25) is 0 Å². The van der Waals surface area contributed by atoms with Crippen molar-refractivity contribution in [2.24, 2.45) is 11.8 Å². The van der Waals surface area contributed by atoms with Gasteiger partial charge in [0.15, 0.2) is 0 Å². The molecular weight excluding hydrogens is 378 g/mol. The maximum Gasteiger partial charge on any atom is 0.0649 e. The maximum atomic E-state index is 4.57. The maximum absolute atomic E-state index is 4.57. The van der Waals surface area contributed by atoms with Crippen LogP contribution in [0.15, 0.2) is 54.2 Å². The van der Waals surface area contributed by atoms with E-state index in [1.54, 1.807) is 11.5 Å². The average Bonchev–Trinajstić information content (AvgIpc) is 3.49. The number of rotatable bonds is 6. The van der Waals surface area contributed by atoms with E-state index in [1.807, 2.05) is 12.4 Å². The van der Waals surface area contributed by atoms with Gasteiger partial charge in [-0.2, -0.15) is 5.10 Å². The normalized spacial score (nSPS) is 24.8. The predicted octanol–water partition coefficient (Wildman–Crippen LogP) is 4.06. The number of piperidine rings is 1. The Labute approximate surface area is 177 Å². The van der Waals surface area contributed by atoms with E-state index >= 15 is 0 Å². The lowest BCUT2D eigenvalue weighted by molar-refractivity contribution is 0.130. The highest BCUT2D eigenvalue weighted by atomic mass is 32.1. The molecule has 2 fully saturated rings. The summed E-state index contributed by atoms with van der Waals surface area (Å²) in [6, 6.07) is 13.3. The minimum Gasteiger partial charge on any atom is -0.299 e. The molecule has 5 nitrogen and oxygen atoms in total. The molecule has 2 aliphatic rings. The fraction of sp³-hybridized carbons (Fsp3) is 0.478. The molecule has 0 spiro atoms. The number of hydrogen-bond acceptors (Lipinski definition) is 5. The molecule has 152 valence electrons. The van der Waals surface area contributed by atoms with Crippen molar-refractivity contribution in [2.75, 3.05) is 20.1 Å². The number of fused-ring (bicyclic) bond motifs is 1. The van der Waals surface area contributed by atoms with E-state index in [4.69, 9.17) is 0 Å². The number of nitrogens with zero attached hydrogens (tertiary/aromatic N) is 5. The Bertz CT molecular complexity index is 907. The number of para-hydroxylation sites is 1. The Morgan fingerprint density at radius 2 is 2.00 bits per heavy atom. The van der Waals surface area contributed by atoms with Crippen LogP contribution in [-0.2, 0) is 13.1 Å². The molecule has 3 heterocycles. The van der Waals surface area contributed by atoms with Crippen LogP contribution >= 0.6 is 11.5 Å². The molecule has 1 aromatic carbocycles. The molecule has 0 bridgehead atoms. The van der Waals surface area contributed by atoms with Gasteiger partial charge in [0.25, 0.3) is 0 Å². The van der Waals surface area contributed by atoms with E-state index in [2.05, 4.69) is 72.8 Å². The van der Waals surface area contributed by atoms with E-state index in [9.17, 15) is 0 Å². The summed E-state index contributed by atoms with van der Waals surface area (Å²) in [5.41, 5.74) is 3.78. The monoisotopic (exact) mass is 407 g/mol. The van der Waals surface area contributed by atoms with Gasteiger partial charge in [-0.3, -0.25) is 9.80 Å². The van der Waals surface area contributed by atoms with Gasteiger partial charge in [0.05, 0.1) is 11.4 Å². The Kier molecular flexibility index (Phi) is 5.48. The Morgan fingerprint density at radius 3 is 2.83 bits per heavy atom. The van der Waals surface area contributed by atoms with Crippen molar-refractivity contribution in [3.05, 3.63) is 65.4 Å². The van der Waals surface area contributed by atoms with Crippen LogP contribution in [0.1, 0.15) is 30.5 Å². The Hall–Kier alpha value is -2.02. The van der Waals surface area contributed by atoms with Gasteiger partial charge in [-0.15, -0.1) is 0 Å². The van der Waals surface area contributed by atoms with Crippen molar-refractivity contribution in [3.63, 3.8) is 0 Å². The lowest BCUT2D eigenvalue weighted by Gasteiger charge is -2.34. The van der Waals surface area contributed by atoms with Crippen molar-refractivity contribution in [1.82, 2.24) is 24.0 Å². The first-order chi connectivity index (χ1) is 14.3. The van der Waals surface area contributed by atoms with E-state index in [0.717, 1.165) is 30.6 Å². The molecule has 0 radical (unpaired) electrons. The van der Waals surface area contributed by atoms with E-state index in [-0.39, 0.29) is 0 Å². The summed E-state index contributed by atoms with van der Waals surface area (Å²) in [6.45, 7) is 4.43. The highest BCUT2D eigenvalue weighted by Crippen LogP contribution is 2.40. The minimum absolute atomic E-state index is 0.708. The highest BCUT2D eigenvalue weighted by Gasteiger charge is 2.39. The first-order valence-corrected chi connectivity index (χ1v) is 11.5. The summed E-state index contributed by atoms with van der Waals surface area (Å²) < 4.78 is 6.34. The van der Waals surface area contributed by atoms with Gasteiger partial charge < -0.3 is 0 Å². The molecule has 3 aromatic rings. The summed E-state index contributed by atoms with van der Waals surface area (Å²) in [5.74, 6) is 1.71. The largest absolute Gasteiger partial charge is 0.299 e. The second-order valence-corrected chi connectivity index (χ2v) is 9.34. The fourth-order valence-corrected chi connectivity index (χ4v) is 5.76. The van der Waals surface area contributed by atoms with Crippen LogP contribution in [0.2, 0.25) is 0 Å². The second-order valence-electron chi connectivity index (χ2n) is 8.69. The van der Waals surface area contributed by atoms with Crippen LogP contribution in [0.4, 0.5) is 0 Å². The zero-order chi connectivity index (χ0) is 19.6. The van der Waals surface area contributed by atoms with Gasteiger partial charge in [-0.25, -0.2) is 9.06 Å². The van der Waals surface area contributed by atoms with E-state index in [1.165, 1.54) is 43.6 Å². The van der Waals surface area contributed by atoms with Gasteiger partial charge in [-0.1, -0.05) is 18.2 Å². The molecule has 3 atom stereocenters. The van der Waals surface area contributed by atoms with Gasteiger partial charge in [-0.05, 0) is 80.0 Å². The molecule has 1 saturated carbocycles. The van der Waals surface area contributed by atoms with Crippen LogP contribution in [0.5, 0.6) is 0 Å². The summed E-state index contributed by atoms with van der Waals surface area (Å²) in [6.07, 6.45) is 7.95. The minimum atomic E-state index is 0.708. The molecule has 5 rings (SSSR count). The van der Waals surface area contributed by atoms with Gasteiger partial charge >= 0.3 is 0 Å². The van der Waals surface area contributed by atoms with Crippen molar-refractivity contribution >= 4 is 11.5 Å². The molecule has 1 saturated heterocycles. The third kappa shape index (κ3) is 4.15. The van der Waals surface area contributed by atoms with Gasteiger partial charge in [0.1, 0.15) is 0 Å². The van der Waals surface area contributed by atoms with Crippen LogP contribution in [-0.4, -0.2) is 50.1 Å². The Morgan fingerprint density at radius 1 is 1.14 bits per heavy atom. The molecule has 29 heavy (non-hydrogen) atoms. The fourth-order valence-electron chi connectivity index (χ4n) is 5.24. The summed E-state index contributed by atoms with van der Waals surface area (Å²) >= 11 is 1.56. The SMILES string of the molecule is CN(Cc1cnsc1)[C@H]1C[C@H]2CCN(Cc3ccnn3-c3ccccc3)C[C@H]2C1. The molecule has 0 N–H and O–H groups in total. The number of likely N-dealkylation sites (tertiary alicyclic amines) is 1. The van der Waals surface area contributed by atoms with Gasteiger partial charge in [0, 0.05) is 43.4 Å². The van der Waals surface area contributed by atoms with Crippen LogP contribution in [0.25, 0.3) is 5.69 Å². The van der Waals surface area contributed by atoms with Crippen molar-refractivity contribution in [2.45, 2.75) is 38.4 Å². The molecule has 0 unspecified atom stereocenters. The highest BCUT2D eigenvalue weighted by molar-refractivity contribution is 7.03. The first-order valence-electron chi connectivity index (χ1n) is 10.7. The summed E-state index contributed by atoms with van der Waals surface area (Å²) in [5, 5.41) is 6.74. The predicted molar refractivity (Wildman–Crippen MR) is 117 cm³/mol. The number of aromatic nitrogens is 3.